The van der Waals surface area contributed by atoms with Gasteiger partial charge in [0.2, 0.25) is 11.9 Å². The van der Waals surface area contributed by atoms with E-state index in [9.17, 15) is 24.5 Å². The van der Waals surface area contributed by atoms with Crippen LogP contribution in [0.5, 0.6) is 5.75 Å². The van der Waals surface area contributed by atoms with Crippen LogP contribution in [0.15, 0.2) is 30.6 Å². The van der Waals surface area contributed by atoms with Crippen LogP contribution in [-0.2, 0) is 11.2 Å². The lowest BCUT2D eigenvalue weighted by atomic mass is 9.86. The maximum Gasteiger partial charge on any atom is 0.227 e. The van der Waals surface area contributed by atoms with E-state index in [0.717, 1.165) is 51.6 Å². The number of anilines is 1. The van der Waals surface area contributed by atoms with Crippen LogP contribution in [-0.4, -0.2) is 123 Å². The lowest BCUT2D eigenvalue weighted by Crippen LogP contribution is -2.46. The topological polar surface area (TPSA) is 143 Å². The van der Waals surface area contributed by atoms with E-state index in [2.05, 4.69) is 14.9 Å². The van der Waals surface area contributed by atoms with E-state index in [0.29, 0.717) is 61.0 Å². The van der Waals surface area contributed by atoms with Crippen molar-refractivity contribution in [1.82, 2.24) is 19.8 Å². The SMILES string of the molecule is O=C(Cc1ccc(OCCCC2CCN(c3ncc(Cl)cn3)CC2)cc1F)N1CCC2(CCN(C[C@H](O)[C@H](O)[C@H](O)CO)C2)C1. The number of benzene rings is 1. The summed E-state index contributed by atoms with van der Waals surface area (Å²) in [6.07, 6.45) is 4.91. The van der Waals surface area contributed by atoms with Gasteiger partial charge in [-0.2, -0.15) is 0 Å². The van der Waals surface area contributed by atoms with Crippen LogP contribution in [0.2, 0.25) is 5.02 Å². The van der Waals surface area contributed by atoms with Crippen molar-refractivity contribution >= 4 is 23.5 Å². The molecule has 0 bridgehead atoms. The van der Waals surface area contributed by atoms with E-state index in [1.807, 2.05) is 4.90 Å². The van der Waals surface area contributed by atoms with E-state index in [1.165, 1.54) is 6.07 Å². The fraction of sp³-hybridized carbons (Fsp3) is 0.656. The highest BCUT2D eigenvalue weighted by molar-refractivity contribution is 6.30. The summed E-state index contributed by atoms with van der Waals surface area (Å²) in [6.45, 7) is 4.39. The van der Waals surface area contributed by atoms with E-state index in [4.69, 9.17) is 21.4 Å². The summed E-state index contributed by atoms with van der Waals surface area (Å²) < 4.78 is 20.8. The molecule has 1 spiro atoms. The number of piperidine rings is 1. The molecule has 3 aliphatic rings. The molecule has 248 valence electrons. The number of aliphatic hydroxyl groups is 4. The summed E-state index contributed by atoms with van der Waals surface area (Å²) in [7, 11) is 0. The standard InChI is InChI=1S/C32H45ClFN5O6/c33-24-16-35-31(36-17-24)38-9-5-22(6-10-38)2-1-13-45-25-4-3-23(26(34)15-25)14-29(43)39-12-8-32(21-39)7-11-37(20-32)18-27(41)30(44)28(42)19-40/h3-4,15-17,22,27-28,30,40-42,44H,1-2,5-14,18-21H2/t27-,28+,30-,32?/m0/s1. The molecule has 2 aromatic rings. The molecule has 0 aliphatic carbocycles. The minimum atomic E-state index is -1.42. The van der Waals surface area contributed by atoms with Crippen LogP contribution in [0.25, 0.3) is 0 Å². The van der Waals surface area contributed by atoms with Crippen molar-refractivity contribution in [3.8, 4) is 5.75 Å². The second-order valence-electron chi connectivity index (χ2n) is 12.9. The Bertz CT molecular complexity index is 1270. The van der Waals surface area contributed by atoms with Gasteiger partial charge in [0.05, 0.1) is 43.2 Å². The Hall–Kier alpha value is -2.61. The van der Waals surface area contributed by atoms with E-state index < -0.39 is 30.7 Å². The van der Waals surface area contributed by atoms with E-state index >= 15 is 0 Å². The zero-order valence-electron chi connectivity index (χ0n) is 25.6. The Labute approximate surface area is 268 Å². The average Bonchev–Trinajstić information content (AvgIpc) is 3.65. The number of β-amino-alcohol motifs (C(OH)–C–C–N with tert-alkyl or cyclic N) is 1. The monoisotopic (exact) mass is 649 g/mol. The fourth-order valence-corrected chi connectivity index (χ4v) is 6.99. The van der Waals surface area contributed by atoms with Gasteiger partial charge < -0.3 is 39.9 Å². The molecule has 3 aliphatic heterocycles. The molecule has 11 nitrogen and oxygen atoms in total. The lowest BCUT2D eigenvalue weighted by molar-refractivity contribution is -0.129. The maximum absolute atomic E-state index is 15.0. The number of amides is 1. The molecule has 4 N–H and O–H groups in total. The second kappa shape index (κ2) is 15.3. The summed E-state index contributed by atoms with van der Waals surface area (Å²) in [5.74, 6) is 1.21. The van der Waals surface area contributed by atoms with Gasteiger partial charge in [-0.15, -0.1) is 0 Å². The summed E-state index contributed by atoms with van der Waals surface area (Å²) in [4.78, 5) is 27.7. The molecule has 45 heavy (non-hydrogen) atoms. The third-order valence-electron chi connectivity index (χ3n) is 9.62. The van der Waals surface area contributed by atoms with Gasteiger partial charge in [0.1, 0.15) is 23.8 Å². The highest BCUT2D eigenvalue weighted by Gasteiger charge is 2.45. The van der Waals surface area contributed by atoms with Gasteiger partial charge >= 0.3 is 0 Å². The summed E-state index contributed by atoms with van der Waals surface area (Å²) in [5, 5.41) is 39.3. The first-order chi connectivity index (χ1) is 21.6. The molecule has 1 amide bonds. The van der Waals surface area contributed by atoms with Crippen LogP contribution in [0.3, 0.4) is 0 Å². The summed E-state index contributed by atoms with van der Waals surface area (Å²) in [6, 6.07) is 4.72. The first kappa shape index (κ1) is 33.7. The Morgan fingerprint density at radius 2 is 1.80 bits per heavy atom. The zero-order chi connectivity index (χ0) is 32.0. The number of rotatable bonds is 13. The molecule has 13 heteroatoms. The predicted octanol–water partition coefficient (Wildman–Crippen LogP) is 1.89. The number of halogens is 2. The van der Waals surface area contributed by atoms with Gasteiger partial charge in [-0.25, -0.2) is 14.4 Å². The number of nitrogens with zero attached hydrogens (tertiary/aromatic N) is 5. The molecular formula is C32H45ClFN5O6. The molecule has 4 atom stereocenters. The molecule has 5 rings (SSSR count). The molecule has 3 saturated heterocycles. The number of carbonyl (C=O) groups is 1. The van der Waals surface area contributed by atoms with Crippen LogP contribution < -0.4 is 9.64 Å². The van der Waals surface area contributed by atoms with E-state index in [-0.39, 0.29) is 24.3 Å². The summed E-state index contributed by atoms with van der Waals surface area (Å²) >= 11 is 5.89. The van der Waals surface area contributed by atoms with Gasteiger partial charge in [-0.05, 0) is 62.6 Å². The Kier molecular flexibility index (Phi) is 11.5. The Morgan fingerprint density at radius 1 is 1.07 bits per heavy atom. The molecule has 1 aromatic carbocycles. The van der Waals surface area contributed by atoms with Crippen molar-refractivity contribution in [2.24, 2.45) is 11.3 Å². The molecule has 3 fully saturated rings. The number of likely N-dealkylation sites (tertiary alicyclic amines) is 2. The number of aliphatic hydroxyl groups excluding tert-OH is 4. The zero-order valence-corrected chi connectivity index (χ0v) is 26.4. The first-order valence-corrected chi connectivity index (χ1v) is 16.3. The number of hydrogen-bond donors (Lipinski definition) is 4. The predicted molar refractivity (Wildman–Crippen MR) is 167 cm³/mol. The van der Waals surface area contributed by atoms with Crippen molar-refractivity contribution in [2.75, 3.05) is 63.9 Å². The van der Waals surface area contributed by atoms with Gasteiger partial charge in [0.15, 0.2) is 0 Å². The quantitative estimate of drug-likeness (QED) is 0.238. The van der Waals surface area contributed by atoms with Crippen molar-refractivity contribution in [1.29, 1.82) is 0 Å². The van der Waals surface area contributed by atoms with Crippen LogP contribution in [0.4, 0.5) is 10.3 Å². The van der Waals surface area contributed by atoms with E-state index in [1.54, 1.807) is 29.4 Å². The van der Waals surface area contributed by atoms with Gasteiger partial charge in [-0.3, -0.25) is 4.79 Å². The maximum atomic E-state index is 15.0. The third kappa shape index (κ3) is 8.81. The largest absolute Gasteiger partial charge is 0.493 e. The molecule has 1 aromatic heterocycles. The second-order valence-corrected chi connectivity index (χ2v) is 13.3. The van der Waals surface area contributed by atoms with Crippen LogP contribution in [0.1, 0.15) is 44.1 Å². The molecule has 4 heterocycles. The number of ether oxygens (including phenoxy) is 1. The van der Waals surface area contributed by atoms with Crippen LogP contribution >= 0.6 is 11.6 Å². The number of carbonyl (C=O) groups excluding carboxylic acids is 1. The number of hydrogen-bond acceptors (Lipinski definition) is 10. The van der Waals surface area contributed by atoms with Crippen molar-refractivity contribution in [2.45, 2.75) is 63.3 Å². The average molecular weight is 650 g/mol. The smallest absolute Gasteiger partial charge is 0.227 e. The fourth-order valence-electron chi connectivity index (χ4n) is 6.89. The van der Waals surface area contributed by atoms with Gasteiger partial charge in [0, 0.05) is 50.7 Å². The highest BCUT2D eigenvalue weighted by atomic mass is 35.5. The van der Waals surface area contributed by atoms with Gasteiger partial charge in [0.25, 0.3) is 0 Å². The minimum absolute atomic E-state index is 0.0182. The molecule has 0 saturated carbocycles. The molecule has 0 radical (unpaired) electrons. The highest BCUT2D eigenvalue weighted by Crippen LogP contribution is 2.40. The Balaban J connectivity index is 1.00. The lowest BCUT2D eigenvalue weighted by Gasteiger charge is -2.31. The van der Waals surface area contributed by atoms with Crippen LogP contribution in [0, 0.1) is 17.2 Å². The normalized spacial score (nSPS) is 23.1. The minimum Gasteiger partial charge on any atom is -0.493 e. The molecule has 1 unspecified atom stereocenters. The molecular weight excluding hydrogens is 605 g/mol. The van der Waals surface area contributed by atoms with Crippen molar-refractivity contribution in [3.05, 3.63) is 47.0 Å². The number of aromatic nitrogens is 2. The third-order valence-corrected chi connectivity index (χ3v) is 9.82. The van der Waals surface area contributed by atoms with Crippen molar-refractivity contribution in [3.63, 3.8) is 0 Å². The Morgan fingerprint density at radius 3 is 2.51 bits per heavy atom. The van der Waals surface area contributed by atoms with Gasteiger partial charge in [-0.1, -0.05) is 17.7 Å². The van der Waals surface area contributed by atoms with Crippen molar-refractivity contribution < 1.29 is 34.3 Å². The summed E-state index contributed by atoms with van der Waals surface area (Å²) in [5.41, 5.74) is 0.242. The first-order valence-electron chi connectivity index (χ1n) is 15.9.